The molecular weight excluding hydrogens is 310 g/mol. The molecule has 2 N–H and O–H groups in total. The van der Waals surface area contributed by atoms with Gasteiger partial charge in [0.2, 0.25) is 0 Å². The van der Waals surface area contributed by atoms with Crippen LogP contribution in [0.3, 0.4) is 0 Å². The van der Waals surface area contributed by atoms with Crippen LogP contribution < -0.4 is 10.7 Å². The Morgan fingerprint density at radius 1 is 1.29 bits per heavy atom. The van der Waals surface area contributed by atoms with Crippen LogP contribution in [0.4, 0.5) is 0 Å². The Hall–Kier alpha value is -2.96. The van der Waals surface area contributed by atoms with E-state index in [0.717, 1.165) is 11.8 Å². The lowest BCUT2D eigenvalue weighted by molar-refractivity contribution is -0.122. The molecular formula is C17H19N3O4. The van der Waals surface area contributed by atoms with E-state index in [1.165, 1.54) is 11.7 Å². The normalized spacial score (nSPS) is 11.8. The number of hydrogen-bond donors (Lipinski definition) is 2. The van der Waals surface area contributed by atoms with Crippen molar-refractivity contribution >= 4 is 11.7 Å². The first kappa shape index (κ1) is 17.4. The average molecular weight is 329 g/mol. The third-order valence-electron chi connectivity index (χ3n) is 3.67. The second kappa shape index (κ2) is 7.54. The van der Waals surface area contributed by atoms with Crippen molar-refractivity contribution in [1.82, 2.24) is 15.1 Å². The van der Waals surface area contributed by atoms with E-state index in [1.807, 2.05) is 30.3 Å². The Balaban J connectivity index is 2.50. The molecule has 1 amide bonds. The van der Waals surface area contributed by atoms with E-state index in [0.29, 0.717) is 6.42 Å². The molecule has 0 saturated heterocycles. The molecule has 1 aromatic carbocycles. The van der Waals surface area contributed by atoms with Crippen molar-refractivity contribution in [2.45, 2.75) is 25.8 Å². The lowest BCUT2D eigenvalue weighted by Gasteiger charge is -2.18. The van der Waals surface area contributed by atoms with Crippen LogP contribution in [0.15, 0.2) is 41.3 Å². The van der Waals surface area contributed by atoms with Gasteiger partial charge >= 0.3 is 0 Å². The van der Waals surface area contributed by atoms with Gasteiger partial charge in [-0.05, 0) is 5.56 Å². The van der Waals surface area contributed by atoms with Gasteiger partial charge in [0.1, 0.15) is 6.04 Å². The van der Waals surface area contributed by atoms with E-state index in [9.17, 15) is 19.5 Å². The van der Waals surface area contributed by atoms with E-state index < -0.39 is 28.8 Å². The van der Waals surface area contributed by atoms with Gasteiger partial charge in [0, 0.05) is 19.9 Å². The highest BCUT2D eigenvalue weighted by molar-refractivity contribution is 5.92. The molecule has 2 rings (SSSR count). The molecule has 7 nitrogen and oxygen atoms in total. The predicted molar refractivity (Wildman–Crippen MR) is 88.0 cm³/mol. The minimum Gasteiger partial charge on any atom is -0.503 e. The standard InChI is InChI=1S/C17H19N3O4/c1-3-13(21)12(9-11-7-5-4-6-8-11)20-10-14(22)16(23)15(19-20)17(24)18-2/h4-8,10,12,22H,3,9H2,1-2H3,(H,18,24). The molecule has 1 atom stereocenters. The van der Waals surface area contributed by atoms with Crippen LogP contribution in [-0.4, -0.2) is 33.6 Å². The minimum absolute atomic E-state index is 0.114. The van der Waals surface area contributed by atoms with Crippen molar-refractivity contribution in [3.8, 4) is 5.75 Å². The van der Waals surface area contributed by atoms with Crippen molar-refractivity contribution in [3.05, 3.63) is 58.0 Å². The fourth-order valence-electron chi connectivity index (χ4n) is 2.35. The summed E-state index contributed by atoms with van der Waals surface area (Å²) >= 11 is 0. The summed E-state index contributed by atoms with van der Waals surface area (Å²) in [5.74, 6) is -1.45. The van der Waals surface area contributed by atoms with Crippen LogP contribution in [-0.2, 0) is 11.2 Å². The second-order valence-corrected chi connectivity index (χ2v) is 5.28. The van der Waals surface area contributed by atoms with Gasteiger partial charge in [0.15, 0.2) is 17.2 Å². The highest BCUT2D eigenvalue weighted by Gasteiger charge is 2.23. The zero-order valence-corrected chi connectivity index (χ0v) is 13.5. The number of nitrogens with zero attached hydrogens (tertiary/aromatic N) is 2. The molecule has 0 aliphatic carbocycles. The maximum atomic E-state index is 12.3. The predicted octanol–water partition coefficient (Wildman–Crippen LogP) is 1.07. The quantitative estimate of drug-likeness (QED) is 0.825. The molecule has 2 aromatic rings. The van der Waals surface area contributed by atoms with Gasteiger partial charge in [-0.15, -0.1) is 0 Å². The molecule has 24 heavy (non-hydrogen) atoms. The first-order valence-corrected chi connectivity index (χ1v) is 7.59. The summed E-state index contributed by atoms with van der Waals surface area (Å²) in [4.78, 5) is 36.0. The van der Waals surface area contributed by atoms with E-state index >= 15 is 0 Å². The number of nitrogens with one attached hydrogen (secondary N) is 1. The molecule has 0 aliphatic rings. The highest BCUT2D eigenvalue weighted by Crippen LogP contribution is 2.17. The molecule has 7 heteroatoms. The fourth-order valence-corrected chi connectivity index (χ4v) is 2.35. The summed E-state index contributed by atoms with van der Waals surface area (Å²) in [6.45, 7) is 1.72. The van der Waals surface area contributed by atoms with Crippen LogP contribution in [0, 0.1) is 0 Å². The topological polar surface area (TPSA) is 101 Å². The number of carbonyl (C=O) groups excluding carboxylic acids is 2. The van der Waals surface area contributed by atoms with Gasteiger partial charge in [0.05, 0.1) is 6.20 Å². The van der Waals surface area contributed by atoms with Gasteiger partial charge in [-0.2, -0.15) is 5.10 Å². The summed E-state index contributed by atoms with van der Waals surface area (Å²) in [5, 5.41) is 16.1. The fraction of sp³-hybridized carbons (Fsp3) is 0.294. The summed E-state index contributed by atoms with van der Waals surface area (Å²) in [7, 11) is 1.36. The van der Waals surface area contributed by atoms with Gasteiger partial charge in [-0.25, -0.2) is 0 Å². The van der Waals surface area contributed by atoms with Crippen LogP contribution in [0.2, 0.25) is 0 Å². The number of aromatic hydroxyl groups is 1. The van der Waals surface area contributed by atoms with E-state index in [1.54, 1.807) is 6.92 Å². The van der Waals surface area contributed by atoms with Gasteiger partial charge in [-0.1, -0.05) is 37.3 Å². The van der Waals surface area contributed by atoms with Crippen LogP contribution >= 0.6 is 0 Å². The number of hydrogen-bond acceptors (Lipinski definition) is 5. The Bertz CT molecular complexity index is 799. The molecule has 0 radical (unpaired) electrons. The Morgan fingerprint density at radius 2 is 1.96 bits per heavy atom. The Morgan fingerprint density at radius 3 is 2.54 bits per heavy atom. The van der Waals surface area contributed by atoms with E-state index in [-0.39, 0.29) is 12.2 Å². The van der Waals surface area contributed by atoms with Gasteiger partial charge in [0.25, 0.3) is 11.3 Å². The Kier molecular flexibility index (Phi) is 5.47. The van der Waals surface area contributed by atoms with Crippen LogP contribution in [0.25, 0.3) is 0 Å². The second-order valence-electron chi connectivity index (χ2n) is 5.28. The van der Waals surface area contributed by atoms with Gasteiger partial charge < -0.3 is 10.4 Å². The maximum absolute atomic E-state index is 12.3. The zero-order chi connectivity index (χ0) is 17.7. The first-order valence-electron chi connectivity index (χ1n) is 7.59. The van der Waals surface area contributed by atoms with Crippen LogP contribution in [0.5, 0.6) is 5.75 Å². The summed E-state index contributed by atoms with van der Waals surface area (Å²) < 4.78 is 1.19. The van der Waals surface area contributed by atoms with Crippen molar-refractivity contribution in [3.63, 3.8) is 0 Å². The van der Waals surface area contributed by atoms with Crippen molar-refractivity contribution < 1.29 is 14.7 Å². The van der Waals surface area contributed by atoms with Crippen molar-refractivity contribution in [2.75, 3.05) is 7.05 Å². The maximum Gasteiger partial charge on any atom is 0.275 e. The monoisotopic (exact) mass is 329 g/mol. The number of benzene rings is 1. The third-order valence-corrected chi connectivity index (χ3v) is 3.67. The van der Waals surface area contributed by atoms with Crippen molar-refractivity contribution in [1.29, 1.82) is 0 Å². The molecule has 0 saturated carbocycles. The van der Waals surface area contributed by atoms with Crippen molar-refractivity contribution in [2.24, 2.45) is 0 Å². The average Bonchev–Trinajstić information content (AvgIpc) is 2.61. The number of aromatic nitrogens is 2. The lowest BCUT2D eigenvalue weighted by atomic mass is 10.0. The van der Waals surface area contributed by atoms with E-state index in [2.05, 4.69) is 10.4 Å². The molecule has 0 bridgehead atoms. The SMILES string of the molecule is CCC(=O)C(Cc1ccccc1)n1cc(O)c(=O)c(C(=O)NC)n1. The first-order chi connectivity index (χ1) is 11.5. The lowest BCUT2D eigenvalue weighted by Crippen LogP contribution is -2.32. The highest BCUT2D eigenvalue weighted by atomic mass is 16.3. The number of amides is 1. The summed E-state index contributed by atoms with van der Waals surface area (Å²) in [5.41, 5.74) is -0.404. The molecule has 0 fully saturated rings. The summed E-state index contributed by atoms with van der Waals surface area (Å²) in [6.07, 6.45) is 1.70. The smallest absolute Gasteiger partial charge is 0.275 e. The molecule has 126 valence electrons. The third kappa shape index (κ3) is 3.68. The number of Topliss-reactive ketones (excluding diaryl/α,β-unsaturated/α-hetero) is 1. The molecule has 0 spiro atoms. The molecule has 1 unspecified atom stereocenters. The number of carbonyl (C=O) groups is 2. The zero-order valence-electron chi connectivity index (χ0n) is 13.5. The molecule has 1 heterocycles. The number of ketones is 1. The Labute approximate surface area is 138 Å². The summed E-state index contributed by atoms with van der Waals surface area (Å²) in [6, 6.07) is 8.61. The molecule has 1 aromatic heterocycles. The number of rotatable bonds is 6. The van der Waals surface area contributed by atoms with E-state index in [4.69, 9.17) is 0 Å². The largest absolute Gasteiger partial charge is 0.503 e. The van der Waals surface area contributed by atoms with Crippen LogP contribution in [0.1, 0.15) is 35.4 Å². The van der Waals surface area contributed by atoms with Gasteiger partial charge in [-0.3, -0.25) is 19.1 Å². The molecule has 0 aliphatic heterocycles. The minimum atomic E-state index is -0.868.